The number of carbonyl (C=O) groups excluding carboxylic acids is 2. The third-order valence-corrected chi connectivity index (χ3v) is 9.93. The molecule has 3 heterocycles. The van der Waals surface area contributed by atoms with E-state index in [4.69, 9.17) is 37.7 Å². The Morgan fingerprint density at radius 3 is 2.42 bits per heavy atom. The van der Waals surface area contributed by atoms with Crippen LogP contribution < -0.4 is 24.5 Å². The highest BCUT2D eigenvalue weighted by atomic mass is 35.5. The molecule has 48 heavy (non-hydrogen) atoms. The van der Waals surface area contributed by atoms with Gasteiger partial charge in [0.25, 0.3) is 11.5 Å². The second-order valence-corrected chi connectivity index (χ2v) is 12.8. The maximum Gasteiger partial charge on any atom is 0.338 e. The summed E-state index contributed by atoms with van der Waals surface area (Å²) >= 11 is 14.1. The van der Waals surface area contributed by atoms with Gasteiger partial charge in [-0.25, -0.2) is 9.79 Å². The number of amides is 1. The van der Waals surface area contributed by atoms with Gasteiger partial charge in [0.15, 0.2) is 4.80 Å². The fraction of sp³-hybridized carbons (Fsp3) is 0.135. The van der Waals surface area contributed by atoms with Gasteiger partial charge in [-0.15, -0.1) is 0 Å². The normalized spacial score (nSPS) is 16.4. The van der Waals surface area contributed by atoms with Crippen LogP contribution in [0.4, 0.5) is 5.69 Å². The minimum absolute atomic E-state index is 0.102. The smallest absolute Gasteiger partial charge is 0.338 e. The molecule has 1 amide bonds. The molecule has 0 saturated heterocycles. The van der Waals surface area contributed by atoms with Crippen molar-refractivity contribution in [3.63, 3.8) is 0 Å². The fourth-order valence-corrected chi connectivity index (χ4v) is 7.62. The summed E-state index contributed by atoms with van der Waals surface area (Å²) in [6, 6.07) is 27.9. The number of aromatic nitrogens is 1. The summed E-state index contributed by atoms with van der Waals surface area (Å²) in [6.45, 7) is 2.03. The summed E-state index contributed by atoms with van der Waals surface area (Å²) in [7, 11) is 1.51. The Morgan fingerprint density at radius 1 is 0.938 bits per heavy atom. The Morgan fingerprint density at radius 2 is 1.67 bits per heavy atom. The number of methoxy groups -OCH3 is 1. The van der Waals surface area contributed by atoms with Gasteiger partial charge in [-0.1, -0.05) is 101 Å². The van der Waals surface area contributed by atoms with E-state index < -0.39 is 17.6 Å². The number of ether oxygens (including phenoxy) is 2. The minimum Gasteiger partial charge on any atom is -0.496 e. The first-order valence-electron chi connectivity index (χ1n) is 15.1. The molecule has 0 N–H and O–H groups in total. The predicted molar refractivity (Wildman–Crippen MR) is 187 cm³/mol. The van der Waals surface area contributed by atoms with Gasteiger partial charge in [0.2, 0.25) is 0 Å². The molecule has 11 heteroatoms. The van der Waals surface area contributed by atoms with Crippen LogP contribution in [0.5, 0.6) is 5.75 Å². The Labute approximate surface area is 289 Å². The van der Waals surface area contributed by atoms with Crippen molar-refractivity contribution in [2.75, 3.05) is 18.6 Å². The Kier molecular flexibility index (Phi) is 8.51. The summed E-state index contributed by atoms with van der Waals surface area (Å²) in [4.78, 5) is 49.8. The van der Waals surface area contributed by atoms with Crippen molar-refractivity contribution in [3.8, 4) is 5.75 Å². The quantitative estimate of drug-likeness (QED) is 0.190. The lowest BCUT2D eigenvalue weighted by Gasteiger charge is -2.27. The Balaban J connectivity index is 1.54. The zero-order valence-electron chi connectivity index (χ0n) is 25.8. The standard InChI is InChI=1S/C37H27Cl2N3O5S/c1-3-47-36(45)30-31(21-11-5-4-6-12-21)40-37-42(32(30)25-19-23(38)17-18-28(25)46-2)35(44)33(48-37)29-24-14-8-10-16-27(24)41(34(29)43)20-22-13-7-9-15-26(22)39/h4-19,32H,3,20H2,1-2H3/b33-29-/t32-/m0/s1. The number of rotatable bonds is 7. The van der Waals surface area contributed by atoms with E-state index in [0.717, 1.165) is 16.9 Å². The molecule has 0 spiro atoms. The first-order chi connectivity index (χ1) is 23.3. The topological polar surface area (TPSA) is 90.2 Å². The van der Waals surface area contributed by atoms with E-state index in [1.54, 1.807) is 36.1 Å². The fourth-order valence-electron chi connectivity index (χ4n) is 6.16. The van der Waals surface area contributed by atoms with Crippen LogP contribution in [-0.2, 0) is 20.9 Å². The van der Waals surface area contributed by atoms with E-state index in [1.165, 1.54) is 11.7 Å². The van der Waals surface area contributed by atoms with Crippen LogP contribution in [0.2, 0.25) is 10.0 Å². The number of carbonyl (C=O) groups is 2. The van der Waals surface area contributed by atoms with E-state index in [9.17, 15) is 14.4 Å². The van der Waals surface area contributed by atoms with E-state index >= 15 is 0 Å². The number of anilines is 1. The maximum atomic E-state index is 14.8. The molecule has 5 aromatic rings. The molecule has 8 nitrogen and oxygen atoms in total. The van der Waals surface area contributed by atoms with Crippen LogP contribution in [0.25, 0.3) is 11.3 Å². The van der Waals surface area contributed by atoms with Crippen LogP contribution >= 0.6 is 34.5 Å². The molecular formula is C37H27Cl2N3O5S. The zero-order chi connectivity index (χ0) is 33.5. The molecule has 0 radical (unpaired) electrons. The van der Waals surface area contributed by atoms with Gasteiger partial charge in [0.1, 0.15) is 16.3 Å². The van der Waals surface area contributed by atoms with E-state index in [1.807, 2.05) is 72.8 Å². The van der Waals surface area contributed by atoms with Crippen molar-refractivity contribution in [1.29, 1.82) is 0 Å². The highest BCUT2D eigenvalue weighted by Gasteiger charge is 2.39. The third kappa shape index (κ3) is 5.34. The summed E-state index contributed by atoms with van der Waals surface area (Å²) in [5.41, 5.74) is 3.41. The summed E-state index contributed by atoms with van der Waals surface area (Å²) < 4.78 is 12.9. The second-order valence-electron chi connectivity index (χ2n) is 11.0. The van der Waals surface area contributed by atoms with Crippen LogP contribution in [0.3, 0.4) is 0 Å². The number of fused-ring (bicyclic) bond motifs is 2. The molecule has 1 aromatic heterocycles. The monoisotopic (exact) mass is 695 g/mol. The number of para-hydroxylation sites is 1. The van der Waals surface area contributed by atoms with Gasteiger partial charge < -0.3 is 14.4 Å². The van der Waals surface area contributed by atoms with Crippen molar-refractivity contribution in [2.24, 2.45) is 4.99 Å². The molecule has 2 aliphatic heterocycles. The molecule has 0 aliphatic carbocycles. The van der Waals surface area contributed by atoms with Crippen molar-refractivity contribution in [1.82, 2.24) is 4.57 Å². The van der Waals surface area contributed by atoms with E-state index in [-0.39, 0.29) is 34.7 Å². The first kappa shape index (κ1) is 31.6. The largest absolute Gasteiger partial charge is 0.496 e. The van der Waals surface area contributed by atoms with Gasteiger partial charge in [0.05, 0.1) is 42.8 Å². The molecule has 0 saturated carbocycles. The molecule has 4 aromatic carbocycles. The van der Waals surface area contributed by atoms with Crippen LogP contribution in [0.1, 0.15) is 35.2 Å². The summed E-state index contributed by atoms with van der Waals surface area (Å²) in [6.07, 6.45) is 0. The molecule has 0 fully saturated rings. The SMILES string of the molecule is CCOC(=O)C1=C(c2ccccc2)N=c2s/c(=C3\C(=O)N(Cc4ccccc4Cl)c4ccccc43)c(=O)n2[C@H]1c1cc(Cl)ccc1OC. The van der Waals surface area contributed by atoms with E-state index in [0.29, 0.717) is 48.7 Å². The maximum absolute atomic E-state index is 14.8. The summed E-state index contributed by atoms with van der Waals surface area (Å²) in [5.74, 6) is -0.573. The van der Waals surface area contributed by atoms with Crippen LogP contribution in [0, 0.1) is 0 Å². The number of hydrogen-bond donors (Lipinski definition) is 0. The van der Waals surface area contributed by atoms with Crippen LogP contribution in [-0.4, -0.2) is 30.2 Å². The first-order valence-corrected chi connectivity index (χ1v) is 16.7. The highest BCUT2D eigenvalue weighted by Crippen LogP contribution is 2.41. The zero-order valence-corrected chi connectivity index (χ0v) is 28.1. The molecule has 240 valence electrons. The van der Waals surface area contributed by atoms with Gasteiger partial charge in [-0.2, -0.15) is 0 Å². The number of nitrogens with zero attached hydrogens (tertiary/aromatic N) is 3. The van der Waals surface area contributed by atoms with Crippen molar-refractivity contribution < 1.29 is 19.1 Å². The van der Waals surface area contributed by atoms with Gasteiger partial charge >= 0.3 is 5.97 Å². The average molecular weight is 697 g/mol. The van der Waals surface area contributed by atoms with Gasteiger partial charge in [0, 0.05) is 26.7 Å². The highest BCUT2D eigenvalue weighted by molar-refractivity contribution is 7.07. The second kappa shape index (κ2) is 12.9. The van der Waals surface area contributed by atoms with Gasteiger partial charge in [-0.3, -0.25) is 14.2 Å². The lowest BCUT2D eigenvalue weighted by molar-refractivity contribution is -0.138. The van der Waals surface area contributed by atoms with Crippen molar-refractivity contribution >= 4 is 63.4 Å². The Hall–Kier alpha value is -4.96. The predicted octanol–water partition coefficient (Wildman–Crippen LogP) is 6.17. The molecule has 2 aliphatic rings. The summed E-state index contributed by atoms with van der Waals surface area (Å²) in [5, 5.41) is 0.915. The lowest BCUT2D eigenvalue weighted by atomic mass is 9.92. The minimum atomic E-state index is -1.04. The molecule has 0 unspecified atom stereocenters. The number of thiazole rings is 1. The third-order valence-electron chi connectivity index (χ3n) is 8.27. The molecule has 0 bridgehead atoms. The number of benzene rings is 4. The molecule has 1 atom stereocenters. The average Bonchev–Trinajstić information content (AvgIpc) is 3.57. The van der Waals surface area contributed by atoms with Crippen molar-refractivity contribution in [2.45, 2.75) is 19.5 Å². The number of halogens is 2. The molecule has 7 rings (SSSR count). The number of esters is 1. The Bertz CT molecular complexity index is 2330. The van der Waals surface area contributed by atoms with Crippen LogP contribution in [0.15, 0.2) is 112 Å². The van der Waals surface area contributed by atoms with Gasteiger partial charge in [-0.05, 0) is 42.8 Å². The van der Waals surface area contributed by atoms with E-state index in [2.05, 4.69) is 0 Å². The lowest BCUT2D eigenvalue weighted by Crippen LogP contribution is -2.41. The molecular weight excluding hydrogens is 669 g/mol. The number of hydrogen-bond acceptors (Lipinski definition) is 7. The van der Waals surface area contributed by atoms with Crippen molar-refractivity contribution in [3.05, 3.63) is 155 Å².